The Labute approximate surface area is 86.8 Å². The van der Waals surface area contributed by atoms with Crippen molar-refractivity contribution in [2.75, 3.05) is 35.2 Å². The normalized spacial score (nSPS) is 13.0. The molecule has 0 radical (unpaired) electrons. The minimum Gasteiger partial charge on any atom is -0.260 e. The monoisotopic (exact) mass is 242 g/mol. The number of nitrogens with one attached hydrogen (secondary N) is 5. The fourth-order valence-electron chi connectivity index (χ4n) is 0.882. The number of hydrogen-bond acceptors (Lipinski definition) is 4. The molecule has 0 aliphatic heterocycles. The Balaban J connectivity index is 5.05. The zero-order valence-electron chi connectivity index (χ0n) is 9.42. The predicted octanol–water partition coefficient (Wildman–Crippen LogP) is -0.334. The molecular formula is C5H22N7P2+. The lowest BCUT2D eigenvalue weighted by molar-refractivity contribution is 1.02. The van der Waals surface area contributed by atoms with Crippen LogP contribution in [0.5, 0.6) is 0 Å². The summed E-state index contributed by atoms with van der Waals surface area (Å²) in [5.41, 5.74) is 6.04. The van der Waals surface area contributed by atoms with Gasteiger partial charge < -0.3 is 0 Å². The molecule has 0 saturated heterocycles. The van der Waals surface area contributed by atoms with Gasteiger partial charge in [0.05, 0.1) is 0 Å². The second-order valence-corrected chi connectivity index (χ2v) is 8.12. The Morgan fingerprint density at radius 1 is 0.929 bits per heavy atom. The highest BCUT2D eigenvalue weighted by Gasteiger charge is 2.33. The van der Waals surface area contributed by atoms with E-state index < -0.39 is 15.4 Å². The predicted molar refractivity (Wildman–Crippen MR) is 65.8 cm³/mol. The molecule has 14 heavy (non-hydrogen) atoms. The summed E-state index contributed by atoms with van der Waals surface area (Å²) in [4.78, 5) is 0. The molecule has 0 aromatic heterocycles. The Morgan fingerprint density at radius 3 is 1.50 bits per heavy atom. The van der Waals surface area contributed by atoms with E-state index in [1.165, 1.54) is 0 Å². The third-order valence-electron chi connectivity index (χ3n) is 1.93. The molecule has 0 saturated carbocycles. The van der Waals surface area contributed by atoms with E-state index in [1.807, 2.05) is 21.1 Å². The van der Waals surface area contributed by atoms with Gasteiger partial charge >= 0.3 is 7.87 Å². The van der Waals surface area contributed by atoms with Gasteiger partial charge in [-0.25, -0.2) is 0 Å². The van der Waals surface area contributed by atoms with E-state index in [0.29, 0.717) is 0 Å². The van der Waals surface area contributed by atoms with Crippen LogP contribution in [0.2, 0.25) is 0 Å². The molecule has 7 N–H and O–H groups in total. The lowest BCUT2D eigenvalue weighted by Gasteiger charge is -2.23. The molecule has 0 heterocycles. The topological polar surface area (TPSA) is 98.5 Å². The molecule has 9 heteroatoms. The fourth-order valence-corrected chi connectivity index (χ4v) is 5.26. The maximum absolute atomic E-state index is 6.04. The van der Waals surface area contributed by atoms with Gasteiger partial charge in [0.15, 0.2) is 0 Å². The molecule has 0 aromatic carbocycles. The first-order chi connectivity index (χ1) is 6.51. The summed E-state index contributed by atoms with van der Waals surface area (Å²) in [6.45, 7) is 0. The minimum absolute atomic E-state index is 1.80. The maximum atomic E-state index is 6.04. The highest BCUT2D eigenvalue weighted by molar-refractivity contribution is 7.76. The van der Waals surface area contributed by atoms with Crippen molar-refractivity contribution in [1.82, 2.24) is 25.4 Å². The van der Waals surface area contributed by atoms with Crippen LogP contribution in [0.4, 0.5) is 0 Å². The molecule has 86 valence electrons. The molecule has 0 amide bonds. The van der Waals surface area contributed by atoms with Gasteiger partial charge in [-0.3, -0.25) is 15.3 Å². The van der Waals surface area contributed by atoms with Gasteiger partial charge in [0.1, 0.15) is 0 Å². The second kappa shape index (κ2) is 6.10. The van der Waals surface area contributed by atoms with Gasteiger partial charge in [0, 0.05) is 14.1 Å². The van der Waals surface area contributed by atoms with Crippen LogP contribution in [0.15, 0.2) is 4.52 Å². The van der Waals surface area contributed by atoms with E-state index in [4.69, 9.17) is 5.50 Å². The first kappa shape index (κ1) is 14.4. The van der Waals surface area contributed by atoms with Crippen molar-refractivity contribution in [2.45, 2.75) is 0 Å². The number of nitrogens with two attached hydrogens (primary N) is 1. The molecule has 0 rings (SSSR count). The van der Waals surface area contributed by atoms with Gasteiger partial charge in [0.2, 0.25) is 7.51 Å². The van der Waals surface area contributed by atoms with Crippen LogP contribution in [0.25, 0.3) is 0 Å². The van der Waals surface area contributed by atoms with Gasteiger partial charge in [-0.2, -0.15) is 5.50 Å². The highest BCUT2D eigenvalue weighted by Crippen LogP contribution is 2.52. The molecule has 7 nitrogen and oxygen atoms in total. The fraction of sp³-hybridized carbons (Fsp3) is 1.00. The van der Waals surface area contributed by atoms with Crippen molar-refractivity contribution in [3.63, 3.8) is 0 Å². The Hall–Kier alpha value is 0.420. The van der Waals surface area contributed by atoms with Crippen molar-refractivity contribution in [3.05, 3.63) is 0 Å². The molecule has 0 fully saturated rings. The summed E-state index contributed by atoms with van der Waals surface area (Å²) in [6, 6.07) is 0. The number of rotatable bonds is 6. The van der Waals surface area contributed by atoms with Crippen LogP contribution < -0.4 is 30.9 Å². The minimum atomic E-state index is -2.12. The maximum Gasteiger partial charge on any atom is 0.346 e. The summed E-state index contributed by atoms with van der Waals surface area (Å²) in [5, 5.41) is 15.4. The summed E-state index contributed by atoms with van der Waals surface area (Å²) < 4.78 is 4.58. The zero-order valence-corrected chi connectivity index (χ0v) is 11.2. The van der Waals surface area contributed by atoms with Crippen molar-refractivity contribution < 1.29 is 0 Å². The second-order valence-electron chi connectivity index (χ2n) is 2.53. The average molecular weight is 242 g/mol. The van der Waals surface area contributed by atoms with Crippen LogP contribution in [-0.2, 0) is 0 Å². The summed E-state index contributed by atoms with van der Waals surface area (Å²) >= 11 is 0. The van der Waals surface area contributed by atoms with Crippen molar-refractivity contribution in [3.8, 4) is 0 Å². The lowest BCUT2D eigenvalue weighted by atomic mass is 11.6. The Kier molecular flexibility index (Phi) is 6.28. The SMILES string of the molecule is CNP(=N[P+](N)(NC)NC)(NC)NC. The zero-order chi connectivity index (χ0) is 11.2. The molecule has 0 aliphatic rings. The standard InChI is InChI=1S/C5H22N7P2/c1-7-13(6,8-2)12-14(9-3,10-4)11-5/h7-11H,6H2,1-5H3/q+1. The summed E-state index contributed by atoms with van der Waals surface area (Å²) in [6.07, 6.45) is 0. The van der Waals surface area contributed by atoms with E-state index >= 15 is 0 Å². The van der Waals surface area contributed by atoms with E-state index in [0.717, 1.165) is 0 Å². The lowest BCUT2D eigenvalue weighted by Crippen LogP contribution is -2.31. The van der Waals surface area contributed by atoms with Crippen LogP contribution in [-0.4, -0.2) is 35.2 Å². The Bertz CT molecular complexity index is 195. The van der Waals surface area contributed by atoms with Crippen molar-refractivity contribution in [1.29, 1.82) is 0 Å². The largest absolute Gasteiger partial charge is 0.346 e. The van der Waals surface area contributed by atoms with Gasteiger partial charge in [-0.1, -0.05) is 0 Å². The third kappa shape index (κ3) is 3.53. The van der Waals surface area contributed by atoms with Crippen LogP contribution in [0.3, 0.4) is 0 Å². The quantitative estimate of drug-likeness (QED) is 0.357. The third-order valence-corrected chi connectivity index (χ3v) is 7.44. The first-order valence-corrected chi connectivity index (χ1v) is 7.83. The van der Waals surface area contributed by atoms with Crippen LogP contribution in [0.1, 0.15) is 0 Å². The van der Waals surface area contributed by atoms with E-state index in [-0.39, 0.29) is 0 Å². The van der Waals surface area contributed by atoms with E-state index in [2.05, 4.69) is 30.0 Å². The summed E-state index contributed by atoms with van der Waals surface area (Å²) in [5.74, 6) is 0. The van der Waals surface area contributed by atoms with E-state index in [1.54, 1.807) is 14.1 Å². The average Bonchev–Trinajstić information content (AvgIpc) is 2.26. The number of hydrogen-bond donors (Lipinski definition) is 6. The summed E-state index contributed by atoms with van der Waals surface area (Å²) in [7, 11) is 5.10. The van der Waals surface area contributed by atoms with Crippen LogP contribution >= 0.6 is 15.4 Å². The van der Waals surface area contributed by atoms with Crippen molar-refractivity contribution >= 4 is 15.4 Å². The molecule has 0 aromatic rings. The van der Waals surface area contributed by atoms with Gasteiger partial charge in [0.25, 0.3) is 0 Å². The molecule has 0 unspecified atom stereocenters. The first-order valence-electron chi connectivity index (χ1n) is 4.28. The molecule has 0 aliphatic carbocycles. The van der Waals surface area contributed by atoms with Crippen LogP contribution in [0, 0.1) is 0 Å². The number of nitrogens with zero attached hydrogens (tertiary/aromatic N) is 1. The van der Waals surface area contributed by atoms with E-state index in [9.17, 15) is 0 Å². The Morgan fingerprint density at radius 2 is 1.29 bits per heavy atom. The highest BCUT2D eigenvalue weighted by atomic mass is 31.2. The molecule has 0 atom stereocenters. The molecule has 0 bridgehead atoms. The van der Waals surface area contributed by atoms with Gasteiger partial charge in [-0.15, -0.1) is 10.2 Å². The van der Waals surface area contributed by atoms with Gasteiger partial charge in [-0.05, 0) is 25.7 Å². The van der Waals surface area contributed by atoms with Crippen molar-refractivity contribution in [2.24, 2.45) is 10.0 Å². The smallest absolute Gasteiger partial charge is 0.260 e. The molecule has 0 spiro atoms. The molecular weight excluding hydrogens is 220 g/mol.